The summed E-state index contributed by atoms with van der Waals surface area (Å²) in [7, 11) is 0. The Hall–Kier alpha value is -1.15. The monoisotopic (exact) mass is 275 g/mol. The summed E-state index contributed by atoms with van der Waals surface area (Å²) >= 11 is 3.44. The zero-order valence-electron chi connectivity index (χ0n) is 9.28. The molecule has 0 fully saturated rings. The van der Waals surface area contributed by atoms with Crippen LogP contribution < -0.4 is 0 Å². The number of pyridine rings is 1. The quantitative estimate of drug-likeness (QED) is 0.756. The second-order valence-electron chi connectivity index (χ2n) is 3.77. The highest BCUT2D eigenvalue weighted by Gasteiger charge is 2.01. The summed E-state index contributed by atoms with van der Waals surface area (Å²) in [4.78, 5) is 4.29. The smallest absolute Gasteiger partial charge is 0.0349 e. The van der Waals surface area contributed by atoms with E-state index in [1.807, 2.05) is 18.5 Å². The van der Waals surface area contributed by atoms with Crippen LogP contribution in [0.3, 0.4) is 0 Å². The first-order valence-electron chi connectivity index (χ1n) is 5.39. The van der Waals surface area contributed by atoms with E-state index in [-0.39, 0.29) is 0 Å². The molecule has 0 aliphatic heterocycles. The van der Waals surface area contributed by atoms with Gasteiger partial charge in [0.05, 0.1) is 0 Å². The summed E-state index contributed by atoms with van der Waals surface area (Å²) in [6.07, 6.45) is 7.16. The molecule has 82 valence electrons. The van der Waals surface area contributed by atoms with Gasteiger partial charge in [0, 0.05) is 28.7 Å². The second kappa shape index (κ2) is 5.26. The van der Waals surface area contributed by atoms with Gasteiger partial charge in [-0.3, -0.25) is 4.98 Å². The molecule has 0 atom stereocenters. The maximum Gasteiger partial charge on any atom is 0.0349 e. The van der Waals surface area contributed by atoms with Crippen LogP contribution in [-0.4, -0.2) is 10.3 Å². The van der Waals surface area contributed by atoms with Crippen LogP contribution in [0.2, 0.25) is 0 Å². The average Bonchev–Trinajstić information content (AvgIpc) is 2.35. The molecule has 16 heavy (non-hydrogen) atoms. The van der Waals surface area contributed by atoms with Crippen molar-refractivity contribution in [3.63, 3.8) is 0 Å². The minimum absolute atomic E-state index is 1.00. The molecule has 0 spiro atoms. The number of rotatable bonds is 3. The minimum atomic E-state index is 1.00. The molecule has 2 rings (SSSR count). The van der Waals surface area contributed by atoms with E-state index in [0.717, 1.165) is 11.8 Å². The zero-order chi connectivity index (χ0) is 11.4. The van der Waals surface area contributed by atoms with Crippen molar-refractivity contribution in [1.82, 2.24) is 4.98 Å². The maximum absolute atomic E-state index is 4.29. The normalized spacial score (nSPS) is 12.0. The van der Waals surface area contributed by atoms with Crippen molar-refractivity contribution in [3.8, 4) is 0 Å². The predicted octanol–water partition coefficient (Wildman–Crippen LogP) is 4.42. The molecule has 1 nitrogen and oxygen atoms in total. The number of benzene rings is 1. The molecule has 1 aromatic carbocycles. The van der Waals surface area contributed by atoms with Gasteiger partial charge >= 0.3 is 0 Å². The van der Waals surface area contributed by atoms with Gasteiger partial charge < -0.3 is 0 Å². The highest BCUT2D eigenvalue weighted by atomic mass is 79.9. The first kappa shape index (κ1) is 11.3. The summed E-state index contributed by atoms with van der Waals surface area (Å²) in [6, 6.07) is 8.37. The molecule has 0 radical (unpaired) electrons. The van der Waals surface area contributed by atoms with Crippen LogP contribution >= 0.6 is 15.9 Å². The number of nitrogens with zero attached hydrogens (tertiary/aromatic N) is 1. The van der Waals surface area contributed by atoms with Crippen LogP contribution in [0.1, 0.15) is 18.9 Å². The van der Waals surface area contributed by atoms with Crippen LogP contribution in [0.15, 0.2) is 42.7 Å². The van der Waals surface area contributed by atoms with Crippen molar-refractivity contribution >= 4 is 32.3 Å². The molecule has 0 saturated heterocycles. The second-order valence-corrected chi connectivity index (χ2v) is 4.57. The Morgan fingerprint density at radius 1 is 1.31 bits per heavy atom. The summed E-state index contributed by atoms with van der Waals surface area (Å²) in [6.45, 7) is 2.14. The topological polar surface area (TPSA) is 12.9 Å². The molecule has 2 aromatic rings. The SMILES string of the molecule is CC(=CCCBr)c1cncc2ccccc12. The van der Waals surface area contributed by atoms with Gasteiger partial charge in [-0.15, -0.1) is 0 Å². The lowest BCUT2D eigenvalue weighted by Crippen LogP contribution is -1.86. The van der Waals surface area contributed by atoms with Gasteiger partial charge in [-0.25, -0.2) is 0 Å². The molecule has 0 aliphatic carbocycles. The van der Waals surface area contributed by atoms with E-state index >= 15 is 0 Å². The Morgan fingerprint density at radius 3 is 2.94 bits per heavy atom. The van der Waals surface area contributed by atoms with Gasteiger partial charge in [0.2, 0.25) is 0 Å². The van der Waals surface area contributed by atoms with E-state index < -0.39 is 0 Å². The largest absolute Gasteiger partial charge is 0.263 e. The van der Waals surface area contributed by atoms with Crippen LogP contribution in [0.5, 0.6) is 0 Å². The van der Waals surface area contributed by atoms with Crippen molar-refractivity contribution in [2.45, 2.75) is 13.3 Å². The molecule has 1 aromatic heterocycles. The van der Waals surface area contributed by atoms with Crippen molar-refractivity contribution in [2.24, 2.45) is 0 Å². The third-order valence-corrected chi connectivity index (χ3v) is 3.11. The van der Waals surface area contributed by atoms with Crippen molar-refractivity contribution in [3.05, 3.63) is 48.3 Å². The van der Waals surface area contributed by atoms with E-state index in [1.54, 1.807) is 0 Å². The van der Waals surface area contributed by atoms with Gasteiger partial charge in [0.25, 0.3) is 0 Å². The van der Waals surface area contributed by atoms with E-state index in [1.165, 1.54) is 21.9 Å². The molecule has 0 amide bonds. The average molecular weight is 276 g/mol. The lowest BCUT2D eigenvalue weighted by atomic mass is 10.0. The third-order valence-electron chi connectivity index (χ3n) is 2.65. The van der Waals surface area contributed by atoms with Gasteiger partial charge in [0.1, 0.15) is 0 Å². The third kappa shape index (κ3) is 2.33. The molecule has 0 bridgehead atoms. The lowest BCUT2D eigenvalue weighted by molar-refractivity contribution is 1.25. The van der Waals surface area contributed by atoms with Crippen LogP contribution in [0.25, 0.3) is 16.3 Å². The number of fused-ring (bicyclic) bond motifs is 1. The standard InChI is InChI=1S/C14H14BrN/c1-11(5-4-8-15)14-10-16-9-12-6-2-3-7-13(12)14/h2-3,5-7,9-10H,4,8H2,1H3. The summed E-state index contributed by atoms with van der Waals surface area (Å²) in [5.74, 6) is 0. The molecular formula is C14H14BrN. The predicted molar refractivity (Wildman–Crippen MR) is 73.8 cm³/mol. The maximum atomic E-state index is 4.29. The van der Waals surface area contributed by atoms with Gasteiger partial charge in [-0.1, -0.05) is 46.3 Å². The summed E-state index contributed by atoms with van der Waals surface area (Å²) in [5, 5.41) is 3.48. The van der Waals surface area contributed by atoms with Crippen molar-refractivity contribution in [1.29, 1.82) is 0 Å². The van der Waals surface area contributed by atoms with Gasteiger partial charge in [0.15, 0.2) is 0 Å². The van der Waals surface area contributed by atoms with Crippen LogP contribution in [0.4, 0.5) is 0 Å². The van der Waals surface area contributed by atoms with E-state index in [9.17, 15) is 0 Å². The molecule has 1 heterocycles. The summed E-state index contributed by atoms with van der Waals surface area (Å²) in [5.41, 5.74) is 2.53. The van der Waals surface area contributed by atoms with Gasteiger partial charge in [-0.05, 0) is 24.3 Å². The van der Waals surface area contributed by atoms with Crippen molar-refractivity contribution in [2.75, 3.05) is 5.33 Å². The van der Waals surface area contributed by atoms with Crippen LogP contribution in [0, 0.1) is 0 Å². The molecule has 2 heteroatoms. The van der Waals surface area contributed by atoms with Crippen molar-refractivity contribution < 1.29 is 0 Å². The molecule has 0 unspecified atom stereocenters. The fourth-order valence-electron chi connectivity index (χ4n) is 1.81. The number of aromatic nitrogens is 1. The molecule has 0 aliphatic rings. The highest BCUT2D eigenvalue weighted by molar-refractivity contribution is 9.09. The Morgan fingerprint density at radius 2 is 2.12 bits per heavy atom. The first-order valence-corrected chi connectivity index (χ1v) is 6.51. The zero-order valence-corrected chi connectivity index (χ0v) is 10.9. The molecular weight excluding hydrogens is 262 g/mol. The number of halogens is 1. The number of hydrogen-bond acceptors (Lipinski definition) is 1. The first-order chi connectivity index (χ1) is 7.83. The Bertz CT molecular complexity index is 512. The number of hydrogen-bond donors (Lipinski definition) is 0. The molecule has 0 N–H and O–H groups in total. The van der Waals surface area contributed by atoms with Crippen LogP contribution in [-0.2, 0) is 0 Å². The fourth-order valence-corrected chi connectivity index (χ4v) is 2.04. The summed E-state index contributed by atoms with van der Waals surface area (Å²) < 4.78 is 0. The van der Waals surface area contributed by atoms with E-state index in [0.29, 0.717) is 0 Å². The van der Waals surface area contributed by atoms with Gasteiger partial charge in [-0.2, -0.15) is 0 Å². The highest BCUT2D eigenvalue weighted by Crippen LogP contribution is 2.23. The Labute approximate surface area is 104 Å². The fraction of sp³-hybridized carbons (Fsp3) is 0.214. The number of allylic oxidation sites excluding steroid dienone is 2. The Balaban J connectivity index is 2.52. The number of alkyl halides is 1. The van der Waals surface area contributed by atoms with E-state index in [4.69, 9.17) is 0 Å². The lowest BCUT2D eigenvalue weighted by Gasteiger charge is -2.05. The molecule has 0 saturated carbocycles. The minimum Gasteiger partial charge on any atom is -0.263 e. The van der Waals surface area contributed by atoms with E-state index in [2.05, 4.69) is 52.1 Å². The Kier molecular flexibility index (Phi) is 3.73.